The summed E-state index contributed by atoms with van der Waals surface area (Å²) in [6, 6.07) is 14.5. The van der Waals surface area contributed by atoms with E-state index in [9.17, 15) is 0 Å². The van der Waals surface area contributed by atoms with Crippen LogP contribution in [0.15, 0.2) is 65.9 Å². The molecule has 5 nitrogen and oxygen atoms in total. The number of hydrogen-bond acceptors (Lipinski definition) is 4. The van der Waals surface area contributed by atoms with Crippen LogP contribution in [0.4, 0.5) is 17.1 Å². The van der Waals surface area contributed by atoms with Gasteiger partial charge in [-0.25, -0.2) is 0 Å². The van der Waals surface area contributed by atoms with Gasteiger partial charge in [0, 0.05) is 54.8 Å². The molecule has 0 radical (unpaired) electrons. The number of nitrogens with zero attached hydrogens (tertiary/aromatic N) is 3. The Morgan fingerprint density at radius 3 is 2.47 bits per heavy atom. The van der Waals surface area contributed by atoms with Gasteiger partial charge in [-0.15, -0.1) is 0 Å². The van der Waals surface area contributed by atoms with Gasteiger partial charge in [0.15, 0.2) is 12.8 Å². The molecule has 5 heteroatoms. The van der Waals surface area contributed by atoms with E-state index in [-0.39, 0.29) is 0 Å². The number of para-hydroxylation sites is 1. The molecule has 0 aliphatic heterocycles. The first kappa shape index (κ1) is 23.2. The molecule has 0 unspecified atom stereocenters. The number of allylic oxidation sites excluding steroid dienone is 3. The minimum absolute atomic E-state index is 0.602. The molecule has 0 spiro atoms. The summed E-state index contributed by atoms with van der Waals surface area (Å²) >= 11 is 0. The van der Waals surface area contributed by atoms with Crippen molar-refractivity contribution in [2.75, 3.05) is 44.0 Å². The van der Waals surface area contributed by atoms with Crippen molar-refractivity contribution in [2.45, 2.75) is 27.7 Å². The fourth-order valence-electron chi connectivity index (χ4n) is 3.55. The van der Waals surface area contributed by atoms with Crippen molar-refractivity contribution >= 4 is 22.6 Å². The second-order valence-corrected chi connectivity index (χ2v) is 6.88. The highest BCUT2D eigenvalue weighted by Gasteiger charge is 2.18. The number of hydrogen-bond donors (Lipinski definition) is 1. The summed E-state index contributed by atoms with van der Waals surface area (Å²) in [6.07, 6.45) is 1.86. The van der Waals surface area contributed by atoms with Gasteiger partial charge in [0.05, 0.1) is 6.61 Å². The van der Waals surface area contributed by atoms with Crippen molar-refractivity contribution in [2.24, 2.45) is 5.11 Å². The lowest BCUT2D eigenvalue weighted by Crippen LogP contribution is -2.21. The van der Waals surface area contributed by atoms with E-state index >= 15 is 0 Å². The standard InChI is InChI=1S/C25H34N4O/c1-8-21(22-14-12-13-15-23(22)26-6)19(5)27-28(7)24-17-16-20(29(9-2)10-3)18-25(24)30-11-4/h8,12-18H,1,9-11H2,2-7H3/p+1. The van der Waals surface area contributed by atoms with Gasteiger partial charge in [-0.05, 0) is 44.9 Å². The molecule has 2 rings (SSSR count). The van der Waals surface area contributed by atoms with Crippen molar-refractivity contribution in [1.82, 2.24) is 0 Å². The van der Waals surface area contributed by atoms with E-state index < -0.39 is 0 Å². The molecular formula is C25H35N4O+. The first-order valence-corrected chi connectivity index (χ1v) is 10.6. The van der Waals surface area contributed by atoms with Gasteiger partial charge in [0.1, 0.15) is 5.70 Å². The maximum Gasteiger partial charge on any atom is 0.273 e. The Morgan fingerprint density at radius 2 is 1.87 bits per heavy atom. The van der Waals surface area contributed by atoms with E-state index in [4.69, 9.17) is 9.85 Å². The molecule has 0 aliphatic rings. The summed E-state index contributed by atoms with van der Waals surface area (Å²) in [4.78, 5) is 2.30. The largest absolute Gasteiger partial charge is 0.487 e. The van der Waals surface area contributed by atoms with E-state index in [1.165, 1.54) is 0 Å². The summed E-state index contributed by atoms with van der Waals surface area (Å²) in [5, 5.41) is 8.09. The molecule has 0 aliphatic carbocycles. The summed E-state index contributed by atoms with van der Waals surface area (Å²) in [7, 11) is 3.87. The number of nitrogens with one attached hydrogen (secondary N) is 1. The summed E-state index contributed by atoms with van der Waals surface area (Å²) in [5.41, 5.74) is 6.07. The summed E-state index contributed by atoms with van der Waals surface area (Å²) < 4.78 is 7.83. The molecule has 2 aromatic carbocycles. The third kappa shape index (κ3) is 5.29. The van der Waals surface area contributed by atoms with Gasteiger partial charge in [-0.2, -0.15) is 0 Å². The molecule has 2 aromatic rings. The third-order valence-electron chi connectivity index (χ3n) is 5.10. The quantitative estimate of drug-likeness (QED) is 0.285. The topological polar surface area (TPSA) is 39.9 Å². The molecule has 0 aromatic heterocycles. The predicted molar refractivity (Wildman–Crippen MR) is 128 cm³/mol. The van der Waals surface area contributed by atoms with E-state index in [1.54, 1.807) is 0 Å². The lowest BCUT2D eigenvalue weighted by molar-refractivity contribution is -0.479. The van der Waals surface area contributed by atoms with Crippen LogP contribution in [0.5, 0.6) is 5.75 Å². The molecule has 0 saturated heterocycles. The number of benzene rings is 2. The van der Waals surface area contributed by atoms with Crippen molar-refractivity contribution < 1.29 is 9.43 Å². The van der Waals surface area contributed by atoms with Gasteiger partial charge in [-0.3, -0.25) is 0 Å². The highest BCUT2D eigenvalue weighted by Crippen LogP contribution is 2.33. The Kier molecular flexibility index (Phi) is 8.66. The van der Waals surface area contributed by atoms with E-state index in [1.807, 2.05) is 50.8 Å². The Hall–Kier alpha value is -3.08. The van der Waals surface area contributed by atoms with E-state index in [2.05, 4.69) is 61.0 Å². The van der Waals surface area contributed by atoms with Crippen LogP contribution in [0.2, 0.25) is 0 Å². The van der Waals surface area contributed by atoms with Crippen LogP contribution in [-0.2, 0) is 0 Å². The smallest absolute Gasteiger partial charge is 0.273 e. The van der Waals surface area contributed by atoms with Crippen molar-refractivity contribution in [3.05, 3.63) is 66.4 Å². The normalized spacial score (nSPS) is 12.3. The monoisotopic (exact) mass is 407 g/mol. The summed E-state index contributed by atoms with van der Waals surface area (Å²) in [6.45, 7) is 14.9. The average molecular weight is 408 g/mol. The third-order valence-corrected chi connectivity index (χ3v) is 5.10. The zero-order chi connectivity index (χ0) is 22.1. The molecule has 0 bridgehead atoms. The second kappa shape index (κ2) is 11.2. The van der Waals surface area contributed by atoms with E-state index in [0.29, 0.717) is 6.61 Å². The Morgan fingerprint density at radius 1 is 1.17 bits per heavy atom. The number of rotatable bonds is 10. The average Bonchev–Trinajstić information content (AvgIpc) is 2.76. The lowest BCUT2D eigenvalue weighted by Gasteiger charge is -2.21. The Labute approximate surface area is 181 Å². The van der Waals surface area contributed by atoms with Gasteiger partial charge < -0.3 is 15.0 Å². The van der Waals surface area contributed by atoms with Crippen LogP contribution in [0, 0.1) is 0 Å². The van der Waals surface area contributed by atoms with Crippen molar-refractivity contribution in [3.63, 3.8) is 0 Å². The first-order valence-electron chi connectivity index (χ1n) is 10.6. The second-order valence-electron chi connectivity index (χ2n) is 6.88. The molecule has 0 amide bonds. The van der Waals surface area contributed by atoms with Crippen LogP contribution >= 0.6 is 0 Å². The van der Waals surface area contributed by atoms with Crippen molar-refractivity contribution in [1.29, 1.82) is 0 Å². The number of ether oxygens (including phenoxy) is 1. The first-order chi connectivity index (χ1) is 14.5. The van der Waals surface area contributed by atoms with Gasteiger partial charge in [-0.1, -0.05) is 35.6 Å². The molecule has 160 valence electrons. The van der Waals surface area contributed by atoms with Crippen LogP contribution in [0.3, 0.4) is 0 Å². The molecule has 0 saturated carbocycles. The molecule has 30 heavy (non-hydrogen) atoms. The highest BCUT2D eigenvalue weighted by atomic mass is 16.5. The van der Waals surface area contributed by atoms with Crippen LogP contribution in [0.25, 0.3) is 5.57 Å². The van der Waals surface area contributed by atoms with Crippen molar-refractivity contribution in [3.8, 4) is 5.75 Å². The fourth-order valence-corrected chi connectivity index (χ4v) is 3.55. The zero-order valence-corrected chi connectivity index (χ0v) is 19.2. The Bertz CT molecular complexity index is 926. The summed E-state index contributed by atoms with van der Waals surface area (Å²) in [5.74, 6) is 0.830. The SMILES string of the molecule is C=C/C(=C(/C)N=[N+](C)c1ccc(N(CC)CC)cc1OCC)c1ccccc1NC. The number of anilines is 2. The maximum atomic E-state index is 5.95. The molecule has 0 heterocycles. The molecule has 1 N–H and O–H groups in total. The van der Waals surface area contributed by atoms with Crippen LogP contribution in [0.1, 0.15) is 33.3 Å². The molecule has 0 atom stereocenters. The van der Waals surface area contributed by atoms with Gasteiger partial charge in [0.25, 0.3) is 5.69 Å². The predicted octanol–water partition coefficient (Wildman–Crippen LogP) is 6.32. The van der Waals surface area contributed by atoms with Gasteiger partial charge >= 0.3 is 0 Å². The van der Waals surface area contributed by atoms with Gasteiger partial charge in [0.2, 0.25) is 0 Å². The Balaban J connectivity index is 2.52. The molecular weight excluding hydrogens is 372 g/mol. The highest BCUT2D eigenvalue weighted by molar-refractivity contribution is 5.83. The maximum absolute atomic E-state index is 5.95. The minimum atomic E-state index is 0.602. The minimum Gasteiger partial charge on any atom is -0.487 e. The molecule has 0 fully saturated rings. The van der Waals surface area contributed by atoms with Crippen LogP contribution in [-0.4, -0.2) is 38.5 Å². The number of azo groups is 2. The lowest BCUT2D eigenvalue weighted by atomic mass is 10.0. The zero-order valence-electron chi connectivity index (χ0n) is 19.2. The fraction of sp³-hybridized carbons (Fsp3) is 0.360. The van der Waals surface area contributed by atoms with Crippen LogP contribution < -0.4 is 15.0 Å². The van der Waals surface area contributed by atoms with E-state index in [0.717, 1.165) is 52.7 Å².